The van der Waals surface area contributed by atoms with Crippen molar-refractivity contribution in [2.24, 2.45) is 7.05 Å². The molecule has 2 aromatic heterocycles. The van der Waals surface area contributed by atoms with Gasteiger partial charge in [0.1, 0.15) is 5.65 Å². The summed E-state index contributed by atoms with van der Waals surface area (Å²) in [6.45, 7) is 1.84. The molecule has 0 radical (unpaired) electrons. The molecule has 1 N–H and O–H groups in total. The normalized spacial score (nSPS) is 11.0. The van der Waals surface area contributed by atoms with E-state index in [2.05, 4.69) is 10.1 Å². The molecule has 2 aromatic rings. The summed E-state index contributed by atoms with van der Waals surface area (Å²) in [5.74, 6) is 0. The van der Waals surface area contributed by atoms with E-state index < -0.39 is 0 Å². The third kappa shape index (κ3) is 1.14. The second-order valence-electron chi connectivity index (χ2n) is 2.95. The number of hydrogen-bond donors (Lipinski definition) is 1. The molecule has 0 saturated heterocycles. The summed E-state index contributed by atoms with van der Waals surface area (Å²) >= 11 is 5.88. The van der Waals surface area contributed by atoms with Crippen molar-refractivity contribution in [1.82, 2.24) is 14.8 Å². The Morgan fingerprint density at radius 2 is 2.31 bits per heavy atom. The molecule has 4 nitrogen and oxygen atoms in total. The maximum atomic E-state index is 11.1. The number of fused-ring (bicyclic) bond motifs is 1. The summed E-state index contributed by atoms with van der Waals surface area (Å²) in [4.78, 5) is 13.8. The van der Waals surface area contributed by atoms with Crippen LogP contribution in [0.15, 0.2) is 10.9 Å². The number of halogens is 1. The average molecular weight is 198 g/mol. The fourth-order valence-corrected chi connectivity index (χ4v) is 1.76. The van der Waals surface area contributed by atoms with Crippen molar-refractivity contribution in [2.75, 3.05) is 0 Å². The van der Waals surface area contributed by atoms with Crippen LogP contribution in [-0.2, 0) is 7.05 Å². The van der Waals surface area contributed by atoms with Crippen LogP contribution in [0.2, 0.25) is 5.15 Å². The monoisotopic (exact) mass is 197 g/mol. The Morgan fingerprint density at radius 1 is 1.62 bits per heavy atom. The molecule has 5 heteroatoms. The standard InChI is InChI=1S/C8H8ClN3O/c1-4-3-5(13)10-8-6(4)7(9)11-12(8)2/h3H,1-2H3,(H,10,13). The highest BCUT2D eigenvalue weighted by Gasteiger charge is 2.09. The number of aromatic nitrogens is 3. The Morgan fingerprint density at radius 3 is 3.00 bits per heavy atom. The molecule has 0 aliphatic heterocycles. The molecule has 0 saturated carbocycles. The number of nitrogens with one attached hydrogen (secondary N) is 1. The molecule has 0 atom stereocenters. The maximum absolute atomic E-state index is 11.1. The number of aromatic amines is 1. The Balaban J connectivity index is 3.06. The van der Waals surface area contributed by atoms with Gasteiger partial charge in [0.15, 0.2) is 5.15 Å². The van der Waals surface area contributed by atoms with Crippen LogP contribution in [0.5, 0.6) is 0 Å². The summed E-state index contributed by atoms with van der Waals surface area (Å²) in [7, 11) is 1.74. The Bertz CT molecular complexity index is 526. The summed E-state index contributed by atoms with van der Waals surface area (Å²) in [6, 6.07) is 1.51. The molecule has 2 rings (SSSR count). The molecular weight excluding hydrogens is 190 g/mol. The number of aryl methyl sites for hydroxylation is 2. The fourth-order valence-electron chi connectivity index (χ4n) is 1.41. The molecule has 0 spiro atoms. The summed E-state index contributed by atoms with van der Waals surface area (Å²) in [5, 5.41) is 5.24. The van der Waals surface area contributed by atoms with Gasteiger partial charge in [0.05, 0.1) is 5.39 Å². The molecule has 13 heavy (non-hydrogen) atoms. The Labute approximate surface area is 79.1 Å². The van der Waals surface area contributed by atoms with E-state index in [9.17, 15) is 4.79 Å². The van der Waals surface area contributed by atoms with Crippen LogP contribution in [-0.4, -0.2) is 14.8 Å². The number of rotatable bonds is 0. The van der Waals surface area contributed by atoms with Gasteiger partial charge in [0.2, 0.25) is 5.56 Å². The minimum Gasteiger partial charge on any atom is -0.307 e. The number of nitrogens with zero attached hydrogens (tertiary/aromatic N) is 2. The largest absolute Gasteiger partial charge is 0.307 e. The third-order valence-corrected chi connectivity index (χ3v) is 2.25. The topological polar surface area (TPSA) is 50.7 Å². The van der Waals surface area contributed by atoms with E-state index in [0.29, 0.717) is 10.8 Å². The molecule has 0 unspecified atom stereocenters. The van der Waals surface area contributed by atoms with E-state index in [4.69, 9.17) is 11.6 Å². The average Bonchev–Trinajstić information content (AvgIpc) is 2.27. The lowest BCUT2D eigenvalue weighted by atomic mass is 10.2. The second kappa shape index (κ2) is 2.60. The van der Waals surface area contributed by atoms with Gasteiger partial charge < -0.3 is 4.98 Å². The first-order valence-electron chi connectivity index (χ1n) is 3.81. The molecule has 0 fully saturated rings. The van der Waals surface area contributed by atoms with Crippen LogP contribution in [0.4, 0.5) is 0 Å². The Hall–Kier alpha value is -1.29. The molecule has 68 valence electrons. The van der Waals surface area contributed by atoms with Gasteiger partial charge in [-0.25, -0.2) is 0 Å². The van der Waals surface area contributed by atoms with E-state index in [0.717, 1.165) is 10.9 Å². The molecule has 0 aromatic carbocycles. The van der Waals surface area contributed by atoms with Crippen LogP contribution >= 0.6 is 11.6 Å². The highest BCUT2D eigenvalue weighted by Crippen LogP contribution is 2.22. The zero-order valence-corrected chi connectivity index (χ0v) is 8.01. The quantitative estimate of drug-likeness (QED) is 0.691. The minimum atomic E-state index is -0.135. The number of hydrogen-bond acceptors (Lipinski definition) is 2. The Kier molecular flexibility index (Phi) is 1.66. The van der Waals surface area contributed by atoms with Gasteiger partial charge >= 0.3 is 0 Å². The van der Waals surface area contributed by atoms with Gasteiger partial charge in [0, 0.05) is 13.1 Å². The predicted octanol–water partition coefficient (Wildman–Crippen LogP) is 1.22. The van der Waals surface area contributed by atoms with Gasteiger partial charge in [-0.1, -0.05) is 11.6 Å². The molecule has 0 amide bonds. The van der Waals surface area contributed by atoms with Crippen LogP contribution in [0, 0.1) is 6.92 Å². The van der Waals surface area contributed by atoms with Gasteiger partial charge in [-0.05, 0) is 12.5 Å². The highest BCUT2D eigenvalue weighted by molar-refractivity contribution is 6.34. The number of H-pyrrole nitrogens is 1. The van der Waals surface area contributed by atoms with E-state index >= 15 is 0 Å². The van der Waals surface area contributed by atoms with Crippen molar-refractivity contribution < 1.29 is 0 Å². The molecular formula is C8H8ClN3O. The molecule has 0 bridgehead atoms. The van der Waals surface area contributed by atoms with Crippen molar-refractivity contribution in [2.45, 2.75) is 6.92 Å². The molecule has 0 aliphatic carbocycles. The number of pyridine rings is 1. The zero-order valence-electron chi connectivity index (χ0n) is 7.26. The smallest absolute Gasteiger partial charge is 0.249 e. The van der Waals surface area contributed by atoms with E-state index in [1.165, 1.54) is 6.07 Å². The van der Waals surface area contributed by atoms with Crippen molar-refractivity contribution in [3.8, 4) is 0 Å². The first-order valence-corrected chi connectivity index (χ1v) is 4.19. The first kappa shape index (κ1) is 8.31. The summed E-state index contributed by atoms with van der Waals surface area (Å²) < 4.78 is 1.56. The highest BCUT2D eigenvalue weighted by atomic mass is 35.5. The van der Waals surface area contributed by atoms with Crippen molar-refractivity contribution in [3.05, 3.63) is 27.1 Å². The van der Waals surface area contributed by atoms with Crippen LogP contribution in [0.1, 0.15) is 5.56 Å². The van der Waals surface area contributed by atoms with E-state index in [1.807, 2.05) is 6.92 Å². The lowest BCUT2D eigenvalue weighted by Gasteiger charge is -1.95. The van der Waals surface area contributed by atoms with Crippen molar-refractivity contribution in [1.29, 1.82) is 0 Å². The van der Waals surface area contributed by atoms with Crippen LogP contribution in [0.3, 0.4) is 0 Å². The zero-order chi connectivity index (χ0) is 9.59. The maximum Gasteiger partial charge on any atom is 0.249 e. The summed E-state index contributed by atoms with van der Waals surface area (Å²) in [5.41, 5.74) is 1.37. The molecule has 2 heterocycles. The third-order valence-electron chi connectivity index (χ3n) is 1.99. The van der Waals surface area contributed by atoms with Gasteiger partial charge in [-0.2, -0.15) is 5.10 Å². The first-order chi connectivity index (χ1) is 6.09. The minimum absolute atomic E-state index is 0.135. The molecule has 0 aliphatic rings. The van der Waals surface area contributed by atoms with E-state index in [1.54, 1.807) is 11.7 Å². The van der Waals surface area contributed by atoms with Gasteiger partial charge in [-0.3, -0.25) is 9.48 Å². The lowest BCUT2D eigenvalue weighted by molar-refractivity contribution is 0.785. The lowest BCUT2D eigenvalue weighted by Crippen LogP contribution is -2.06. The van der Waals surface area contributed by atoms with E-state index in [-0.39, 0.29) is 5.56 Å². The summed E-state index contributed by atoms with van der Waals surface area (Å²) in [6.07, 6.45) is 0. The van der Waals surface area contributed by atoms with Crippen molar-refractivity contribution in [3.63, 3.8) is 0 Å². The van der Waals surface area contributed by atoms with Crippen LogP contribution in [0.25, 0.3) is 11.0 Å². The van der Waals surface area contributed by atoms with Crippen molar-refractivity contribution >= 4 is 22.6 Å². The second-order valence-corrected chi connectivity index (χ2v) is 3.31. The van der Waals surface area contributed by atoms with Gasteiger partial charge in [-0.15, -0.1) is 0 Å². The van der Waals surface area contributed by atoms with Gasteiger partial charge in [0.25, 0.3) is 0 Å². The predicted molar refractivity (Wildman–Crippen MR) is 51.1 cm³/mol. The fraction of sp³-hybridized carbons (Fsp3) is 0.250. The SMILES string of the molecule is Cc1cc(=O)[nH]c2c1c(Cl)nn2C. The van der Waals surface area contributed by atoms with Crippen LogP contribution < -0.4 is 5.56 Å².